The monoisotopic (exact) mass is 313 g/mol. The highest BCUT2D eigenvalue weighted by molar-refractivity contribution is 6.33. The van der Waals surface area contributed by atoms with Crippen LogP contribution < -0.4 is 5.32 Å². The summed E-state index contributed by atoms with van der Waals surface area (Å²) in [7, 11) is 1.06. The summed E-state index contributed by atoms with van der Waals surface area (Å²) < 4.78 is 53.9. The Kier molecular flexibility index (Phi) is 4.93. The van der Waals surface area contributed by atoms with Crippen molar-refractivity contribution >= 4 is 29.2 Å². The van der Waals surface area contributed by atoms with Crippen molar-refractivity contribution in [2.75, 3.05) is 12.4 Å². The minimum atomic E-state index is -4.84. The van der Waals surface area contributed by atoms with Gasteiger partial charge in [-0.05, 0) is 18.2 Å². The third kappa shape index (κ3) is 3.38. The molecule has 4 nitrogen and oxygen atoms in total. The van der Waals surface area contributed by atoms with Crippen LogP contribution in [0.3, 0.4) is 0 Å². The molecule has 0 aliphatic carbocycles. The van der Waals surface area contributed by atoms with Crippen molar-refractivity contribution in [1.82, 2.24) is 0 Å². The van der Waals surface area contributed by atoms with Crippen LogP contribution in [0.15, 0.2) is 18.2 Å². The third-order valence-electron chi connectivity index (χ3n) is 2.21. The van der Waals surface area contributed by atoms with Crippen LogP contribution in [0.5, 0.6) is 0 Å². The lowest BCUT2D eigenvalue weighted by molar-refractivity contribution is -0.163. The fourth-order valence-corrected chi connectivity index (χ4v) is 1.38. The van der Waals surface area contributed by atoms with Gasteiger partial charge in [-0.15, -0.1) is 0 Å². The number of alkyl halides is 4. The quantitative estimate of drug-likeness (QED) is 0.687. The molecule has 0 aliphatic heterocycles. The molecule has 1 rings (SSSR count). The molecule has 0 unspecified atom stereocenters. The molecule has 0 spiro atoms. The number of carbonyl (C=O) groups excluding carboxylic acids is 2. The van der Waals surface area contributed by atoms with Crippen LogP contribution >= 0.6 is 11.6 Å². The van der Waals surface area contributed by atoms with Crippen LogP contribution in [0.25, 0.3) is 0 Å². The van der Waals surface area contributed by atoms with Gasteiger partial charge < -0.3 is 10.1 Å². The first-order chi connectivity index (χ1) is 9.20. The van der Waals surface area contributed by atoms with Crippen LogP contribution in [0.1, 0.15) is 10.4 Å². The molecule has 0 saturated carbocycles. The molecule has 0 saturated heterocycles. The van der Waals surface area contributed by atoms with E-state index in [4.69, 9.17) is 11.6 Å². The van der Waals surface area contributed by atoms with Crippen LogP contribution in [-0.2, 0) is 9.53 Å². The number of hydrogen-bond donors (Lipinski definition) is 1. The predicted octanol–water partition coefficient (Wildman–Crippen LogP) is 2.97. The maximum atomic E-state index is 12.8. The van der Waals surface area contributed by atoms with Crippen molar-refractivity contribution in [2.24, 2.45) is 0 Å². The fraction of sp³-hybridized carbons (Fsp3) is 0.273. The van der Waals surface area contributed by atoms with E-state index in [0.29, 0.717) is 0 Å². The maximum Gasteiger partial charge on any atom is 0.383 e. The summed E-state index contributed by atoms with van der Waals surface area (Å²) in [5.74, 6) is -7.90. The molecule has 0 fully saturated rings. The van der Waals surface area contributed by atoms with Gasteiger partial charge in [-0.2, -0.15) is 8.78 Å². The van der Waals surface area contributed by atoms with Gasteiger partial charge in [-0.3, -0.25) is 4.79 Å². The number of anilines is 1. The van der Waals surface area contributed by atoms with Crippen LogP contribution in [-0.4, -0.2) is 31.3 Å². The van der Waals surface area contributed by atoms with Gasteiger partial charge in [0, 0.05) is 5.69 Å². The van der Waals surface area contributed by atoms with Crippen molar-refractivity contribution in [3.05, 3.63) is 28.8 Å². The van der Waals surface area contributed by atoms with Gasteiger partial charge in [0.2, 0.25) is 0 Å². The van der Waals surface area contributed by atoms with Gasteiger partial charge in [0.25, 0.3) is 0 Å². The number of halogens is 5. The van der Waals surface area contributed by atoms with E-state index in [1.165, 1.54) is 0 Å². The van der Waals surface area contributed by atoms with E-state index in [1.807, 2.05) is 0 Å². The van der Waals surface area contributed by atoms with Crippen molar-refractivity contribution in [3.8, 4) is 0 Å². The number of carbonyl (C=O) groups is 2. The molecule has 0 aliphatic rings. The summed E-state index contributed by atoms with van der Waals surface area (Å²) in [4.78, 5) is 22.3. The number of nitrogens with one attached hydrogen (secondary N) is 1. The first-order valence-electron chi connectivity index (χ1n) is 5.05. The van der Waals surface area contributed by atoms with Crippen molar-refractivity contribution < 1.29 is 31.9 Å². The van der Waals surface area contributed by atoms with Gasteiger partial charge in [0.15, 0.2) is 0 Å². The molecule has 20 heavy (non-hydrogen) atoms. The lowest BCUT2D eigenvalue weighted by Crippen LogP contribution is -2.41. The lowest BCUT2D eigenvalue weighted by atomic mass is 10.2. The standard InChI is InChI=1S/C11H8ClF4NO3/c1-20-8(18)6-4-5(2-3-7(6)12)17-10(19)11(15,16)9(13)14/h2-4,9H,1H3,(H,17,19). The predicted molar refractivity (Wildman–Crippen MR) is 62.4 cm³/mol. The first kappa shape index (κ1) is 16.2. The molecule has 1 aromatic rings. The van der Waals surface area contributed by atoms with Crippen molar-refractivity contribution in [3.63, 3.8) is 0 Å². The Bertz CT molecular complexity index is 536. The molecule has 0 bridgehead atoms. The first-order valence-corrected chi connectivity index (χ1v) is 5.43. The number of esters is 1. The molecular formula is C11H8ClF4NO3. The summed E-state index contributed by atoms with van der Waals surface area (Å²) in [5.41, 5.74) is -0.493. The van der Waals surface area contributed by atoms with E-state index in [2.05, 4.69) is 4.74 Å². The van der Waals surface area contributed by atoms with Crippen molar-refractivity contribution in [2.45, 2.75) is 12.3 Å². The molecule has 1 amide bonds. The Morgan fingerprint density at radius 1 is 1.35 bits per heavy atom. The second-order valence-electron chi connectivity index (χ2n) is 3.56. The SMILES string of the molecule is COC(=O)c1cc(NC(=O)C(F)(F)C(F)F)ccc1Cl. The summed E-state index contributed by atoms with van der Waals surface area (Å²) >= 11 is 5.67. The van der Waals surface area contributed by atoms with Gasteiger partial charge in [0.05, 0.1) is 17.7 Å². The molecule has 0 aromatic heterocycles. The Hall–Kier alpha value is -1.83. The van der Waals surface area contributed by atoms with Crippen LogP contribution in [0.4, 0.5) is 23.2 Å². The highest BCUT2D eigenvalue weighted by Crippen LogP contribution is 2.26. The number of ether oxygens (including phenoxy) is 1. The second-order valence-corrected chi connectivity index (χ2v) is 3.97. The van der Waals surface area contributed by atoms with Crippen molar-refractivity contribution in [1.29, 1.82) is 0 Å². The van der Waals surface area contributed by atoms with E-state index in [1.54, 1.807) is 5.32 Å². The molecule has 1 N–H and O–H groups in total. The molecule has 0 heterocycles. The minimum absolute atomic E-state index is 0.0459. The maximum absolute atomic E-state index is 12.8. The summed E-state index contributed by atoms with van der Waals surface area (Å²) in [6.07, 6.45) is -4.14. The average Bonchev–Trinajstić information content (AvgIpc) is 2.39. The molecular weight excluding hydrogens is 306 g/mol. The van der Waals surface area contributed by atoms with Crippen LogP contribution in [0.2, 0.25) is 5.02 Å². The zero-order valence-corrected chi connectivity index (χ0v) is 10.7. The Balaban J connectivity index is 3.00. The summed E-state index contributed by atoms with van der Waals surface area (Å²) in [6.45, 7) is 0. The highest BCUT2D eigenvalue weighted by Gasteiger charge is 2.48. The third-order valence-corrected chi connectivity index (χ3v) is 2.54. The number of benzene rings is 1. The van der Waals surface area contributed by atoms with E-state index >= 15 is 0 Å². The van der Waals surface area contributed by atoms with E-state index in [-0.39, 0.29) is 16.3 Å². The Morgan fingerprint density at radius 2 is 1.95 bits per heavy atom. The lowest BCUT2D eigenvalue weighted by Gasteiger charge is -2.15. The molecule has 0 radical (unpaired) electrons. The van der Waals surface area contributed by atoms with E-state index in [0.717, 1.165) is 25.3 Å². The van der Waals surface area contributed by atoms with Gasteiger partial charge in [-0.25, -0.2) is 13.6 Å². The number of rotatable bonds is 4. The highest BCUT2D eigenvalue weighted by atomic mass is 35.5. The molecule has 1 aromatic carbocycles. The topological polar surface area (TPSA) is 55.4 Å². The van der Waals surface area contributed by atoms with Gasteiger partial charge in [-0.1, -0.05) is 11.6 Å². The van der Waals surface area contributed by atoms with E-state index < -0.39 is 24.2 Å². The number of methoxy groups -OCH3 is 1. The Morgan fingerprint density at radius 3 is 2.45 bits per heavy atom. The molecule has 0 atom stereocenters. The van der Waals surface area contributed by atoms with Gasteiger partial charge >= 0.3 is 24.2 Å². The fourth-order valence-electron chi connectivity index (χ4n) is 1.18. The average molecular weight is 314 g/mol. The minimum Gasteiger partial charge on any atom is -0.465 e. The molecule has 9 heteroatoms. The molecule has 110 valence electrons. The smallest absolute Gasteiger partial charge is 0.383 e. The zero-order valence-electron chi connectivity index (χ0n) is 9.92. The van der Waals surface area contributed by atoms with Crippen LogP contribution in [0, 0.1) is 0 Å². The zero-order chi connectivity index (χ0) is 15.5. The second kappa shape index (κ2) is 6.08. The number of hydrogen-bond acceptors (Lipinski definition) is 3. The van der Waals surface area contributed by atoms with Gasteiger partial charge in [0.1, 0.15) is 0 Å². The number of amides is 1. The normalized spacial score (nSPS) is 11.3. The largest absolute Gasteiger partial charge is 0.465 e. The summed E-state index contributed by atoms with van der Waals surface area (Å²) in [6, 6.07) is 3.14. The van der Waals surface area contributed by atoms with E-state index in [9.17, 15) is 27.2 Å². The Labute approximate surface area is 115 Å². The summed E-state index contributed by atoms with van der Waals surface area (Å²) in [5, 5.41) is 1.53.